The van der Waals surface area contributed by atoms with Crippen LogP contribution >= 0.6 is 0 Å². The molecule has 0 aromatic heterocycles. The van der Waals surface area contributed by atoms with Crippen molar-refractivity contribution in [2.75, 3.05) is 7.11 Å². The molecule has 0 saturated carbocycles. The van der Waals surface area contributed by atoms with Crippen molar-refractivity contribution in [3.05, 3.63) is 0 Å². The van der Waals surface area contributed by atoms with Gasteiger partial charge in [-0.25, -0.2) is 4.79 Å². The zero-order chi connectivity index (χ0) is 12.0. The highest BCUT2D eigenvalue weighted by Gasteiger charge is 2.21. The van der Waals surface area contributed by atoms with Gasteiger partial charge in [0.15, 0.2) is 0 Å². The first-order valence-electron chi connectivity index (χ1n) is 4.24. The molecule has 4 N–H and O–H groups in total. The van der Waals surface area contributed by atoms with Gasteiger partial charge in [-0.3, -0.25) is 9.59 Å². The lowest BCUT2D eigenvalue weighted by Gasteiger charge is -2.14. The van der Waals surface area contributed by atoms with Crippen LogP contribution in [0.3, 0.4) is 0 Å². The maximum atomic E-state index is 11.2. The average Bonchev–Trinajstić information content (AvgIpc) is 2.15. The molecule has 0 aliphatic rings. The largest absolute Gasteiger partial charge is 0.481 e. The van der Waals surface area contributed by atoms with Crippen molar-refractivity contribution in [3.63, 3.8) is 0 Å². The number of carbonyl (C=O) groups is 3. The molecule has 7 heteroatoms. The molecule has 0 aromatic carbocycles. The summed E-state index contributed by atoms with van der Waals surface area (Å²) in [5, 5.41) is 10.6. The van der Waals surface area contributed by atoms with Crippen LogP contribution in [-0.4, -0.2) is 42.1 Å². The van der Waals surface area contributed by atoms with Gasteiger partial charge >= 0.3 is 11.9 Å². The Hall–Kier alpha value is -1.63. The number of carbonyl (C=O) groups excluding carboxylic acids is 2. The van der Waals surface area contributed by atoms with Crippen LogP contribution in [0.15, 0.2) is 0 Å². The Balaban J connectivity index is 4.12. The molecule has 0 unspecified atom stereocenters. The minimum Gasteiger partial charge on any atom is -0.481 e. The lowest BCUT2D eigenvalue weighted by Crippen LogP contribution is -2.48. The molecule has 0 fully saturated rings. The van der Waals surface area contributed by atoms with Gasteiger partial charge in [0, 0.05) is 0 Å². The number of hydrogen-bond acceptors (Lipinski definition) is 5. The van der Waals surface area contributed by atoms with Gasteiger partial charge < -0.3 is 20.9 Å². The topological polar surface area (TPSA) is 119 Å². The van der Waals surface area contributed by atoms with Crippen molar-refractivity contribution in [1.29, 1.82) is 0 Å². The Kier molecular flexibility index (Phi) is 5.32. The summed E-state index contributed by atoms with van der Waals surface area (Å²) in [6, 6.07) is -2.02. The van der Waals surface area contributed by atoms with Crippen LogP contribution in [0, 0.1) is 0 Å². The maximum absolute atomic E-state index is 11.2. The van der Waals surface area contributed by atoms with E-state index in [4.69, 9.17) is 10.8 Å². The fourth-order valence-electron chi connectivity index (χ4n) is 0.837. The molecule has 7 nitrogen and oxygen atoms in total. The van der Waals surface area contributed by atoms with Crippen molar-refractivity contribution in [1.82, 2.24) is 5.32 Å². The standard InChI is InChI=1S/C8H14N2O5/c1-4(8(14)15-2)10-7(13)5(9)3-6(11)12/h4-5H,3,9H2,1-2H3,(H,10,13)(H,11,12)/t4-,5+/m1/s1. The zero-order valence-electron chi connectivity index (χ0n) is 8.52. The van der Waals surface area contributed by atoms with Crippen LogP contribution in [0.1, 0.15) is 13.3 Å². The maximum Gasteiger partial charge on any atom is 0.328 e. The smallest absolute Gasteiger partial charge is 0.328 e. The summed E-state index contributed by atoms with van der Waals surface area (Å²) in [7, 11) is 1.18. The summed E-state index contributed by atoms with van der Waals surface area (Å²) < 4.78 is 4.36. The molecule has 0 spiro atoms. The highest BCUT2D eigenvalue weighted by molar-refractivity contribution is 5.89. The molecule has 0 saturated heterocycles. The highest BCUT2D eigenvalue weighted by Crippen LogP contribution is 1.92. The van der Waals surface area contributed by atoms with Gasteiger partial charge in [-0.05, 0) is 6.92 Å². The molecule has 0 aliphatic heterocycles. The fraction of sp³-hybridized carbons (Fsp3) is 0.625. The first kappa shape index (κ1) is 13.4. The monoisotopic (exact) mass is 218 g/mol. The summed E-state index contributed by atoms with van der Waals surface area (Å²) in [6.07, 6.45) is -0.486. The first-order chi connectivity index (χ1) is 6.88. The number of amides is 1. The zero-order valence-corrected chi connectivity index (χ0v) is 8.52. The van der Waals surface area contributed by atoms with E-state index in [1.807, 2.05) is 0 Å². The number of carboxylic acids is 1. The van der Waals surface area contributed by atoms with Gasteiger partial charge in [-0.2, -0.15) is 0 Å². The molecule has 86 valence electrons. The van der Waals surface area contributed by atoms with Crippen LogP contribution in [-0.2, 0) is 19.1 Å². The molecular formula is C8H14N2O5. The third-order valence-corrected chi connectivity index (χ3v) is 1.64. The van der Waals surface area contributed by atoms with E-state index in [-0.39, 0.29) is 0 Å². The van der Waals surface area contributed by atoms with Crippen LogP contribution in [0.25, 0.3) is 0 Å². The third-order valence-electron chi connectivity index (χ3n) is 1.64. The molecule has 0 bridgehead atoms. The van der Waals surface area contributed by atoms with E-state index in [0.29, 0.717) is 0 Å². The molecule has 0 radical (unpaired) electrons. The number of aliphatic carboxylic acids is 1. The Bertz CT molecular complexity index is 266. The van der Waals surface area contributed by atoms with E-state index in [2.05, 4.69) is 10.1 Å². The van der Waals surface area contributed by atoms with E-state index in [0.717, 1.165) is 0 Å². The van der Waals surface area contributed by atoms with Crippen molar-refractivity contribution >= 4 is 17.8 Å². The van der Waals surface area contributed by atoms with Crippen molar-refractivity contribution in [3.8, 4) is 0 Å². The molecular weight excluding hydrogens is 204 g/mol. The lowest BCUT2D eigenvalue weighted by atomic mass is 10.2. The van der Waals surface area contributed by atoms with Gasteiger partial charge in [0.1, 0.15) is 6.04 Å². The number of nitrogens with one attached hydrogen (secondary N) is 1. The quantitative estimate of drug-likeness (QED) is 0.481. The number of ether oxygens (including phenoxy) is 1. The normalized spacial score (nSPS) is 13.8. The van der Waals surface area contributed by atoms with E-state index in [9.17, 15) is 14.4 Å². The number of rotatable bonds is 5. The highest BCUT2D eigenvalue weighted by atomic mass is 16.5. The van der Waals surface area contributed by atoms with Crippen molar-refractivity contribution in [2.45, 2.75) is 25.4 Å². The van der Waals surface area contributed by atoms with Crippen LogP contribution in [0.5, 0.6) is 0 Å². The fourth-order valence-corrected chi connectivity index (χ4v) is 0.837. The molecule has 0 aliphatic carbocycles. The predicted molar refractivity (Wildman–Crippen MR) is 49.8 cm³/mol. The Morgan fingerprint density at radius 2 is 2.00 bits per heavy atom. The van der Waals surface area contributed by atoms with Gasteiger partial charge in [-0.15, -0.1) is 0 Å². The summed E-state index contributed by atoms with van der Waals surface area (Å²) in [5.41, 5.74) is 5.26. The molecule has 2 atom stereocenters. The Morgan fingerprint density at radius 1 is 1.47 bits per heavy atom. The number of esters is 1. The van der Waals surface area contributed by atoms with E-state index >= 15 is 0 Å². The third kappa shape index (κ3) is 4.96. The van der Waals surface area contributed by atoms with E-state index < -0.39 is 36.4 Å². The van der Waals surface area contributed by atoms with Crippen LogP contribution < -0.4 is 11.1 Å². The van der Waals surface area contributed by atoms with E-state index in [1.54, 1.807) is 0 Å². The second-order valence-electron chi connectivity index (χ2n) is 2.96. The Morgan fingerprint density at radius 3 is 2.40 bits per heavy atom. The van der Waals surface area contributed by atoms with Gasteiger partial charge in [0.2, 0.25) is 5.91 Å². The predicted octanol–water partition coefficient (Wildman–Crippen LogP) is -1.53. The Labute approximate surface area is 86.6 Å². The second kappa shape index (κ2) is 5.97. The molecule has 1 amide bonds. The number of hydrogen-bond donors (Lipinski definition) is 3. The second-order valence-corrected chi connectivity index (χ2v) is 2.96. The summed E-state index contributed by atoms with van der Waals surface area (Å²) in [4.78, 5) is 32.3. The number of carboxylic acid groups (broad SMARTS) is 1. The van der Waals surface area contributed by atoms with Crippen LogP contribution in [0.2, 0.25) is 0 Å². The number of nitrogens with two attached hydrogens (primary N) is 1. The SMILES string of the molecule is COC(=O)[C@@H](C)NC(=O)[C@@H](N)CC(=O)O. The molecule has 0 heterocycles. The summed E-state index contributed by atoms with van der Waals surface area (Å²) in [6.45, 7) is 1.41. The van der Waals surface area contributed by atoms with Crippen molar-refractivity contribution < 1.29 is 24.2 Å². The molecule has 0 aromatic rings. The molecule has 0 rings (SSSR count). The molecule has 15 heavy (non-hydrogen) atoms. The minimum atomic E-state index is -1.18. The van der Waals surface area contributed by atoms with Crippen LogP contribution in [0.4, 0.5) is 0 Å². The first-order valence-corrected chi connectivity index (χ1v) is 4.24. The van der Waals surface area contributed by atoms with E-state index in [1.165, 1.54) is 14.0 Å². The summed E-state index contributed by atoms with van der Waals surface area (Å²) in [5.74, 6) is -2.50. The van der Waals surface area contributed by atoms with Gasteiger partial charge in [0.05, 0.1) is 19.6 Å². The average molecular weight is 218 g/mol. The summed E-state index contributed by atoms with van der Waals surface area (Å²) >= 11 is 0. The van der Waals surface area contributed by atoms with Crippen molar-refractivity contribution in [2.24, 2.45) is 5.73 Å². The van der Waals surface area contributed by atoms with Gasteiger partial charge in [-0.1, -0.05) is 0 Å². The van der Waals surface area contributed by atoms with Gasteiger partial charge in [0.25, 0.3) is 0 Å². The lowest BCUT2D eigenvalue weighted by molar-refractivity contribution is -0.144. The minimum absolute atomic E-state index is 0.486. The number of methoxy groups -OCH3 is 1.